The number of hydrogen-bond acceptors (Lipinski definition) is 8. The molecule has 0 atom stereocenters. The smallest absolute Gasteiger partial charge is 0.407 e. The average molecular weight is 369 g/mol. The van der Waals surface area contributed by atoms with Crippen LogP contribution in [-0.2, 0) is 19.1 Å². The Morgan fingerprint density at radius 3 is 2.75 bits per heavy atom. The maximum absolute atomic E-state index is 11.7. The summed E-state index contributed by atoms with van der Waals surface area (Å²) in [6.45, 7) is -0.187. The van der Waals surface area contributed by atoms with Crippen molar-refractivity contribution in [2.24, 2.45) is 0 Å². The van der Waals surface area contributed by atoms with Crippen molar-refractivity contribution in [1.82, 2.24) is 10.3 Å². The van der Waals surface area contributed by atoms with Gasteiger partial charge in [0.25, 0.3) is 0 Å². The number of anilines is 1. The summed E-state index contributed by atoms with van der Waals surface area (Å²) in [5.41, 5.74) is 1.37. The number of rotatable bonds is 6. The minimum atomic E-state index is -0.671. The van der Waals surface area contributed by atoms with Crippen LogP contribution in [0.4, 0.5) is 10.5 Å². The van der Waals surface area contributed by atoms with Crippen molar-refractivity contribution in [2.75, 3.05) is 31.8 Å². The molecule has 2 N–H and O–H groups in total. The second-order valence-corrected chi connectivity index (χ2v) is 6.67. The number of carbonyl (C=O) groups excluding carboxylic acids is 3. The first-order chi connectivity index (χ1) is 11.5. The molecule has 0 spiro atoms. The number of alkyl carbamates (subject to hydrolysis) is 1. The number of thiazole rings is 1. The topological polar surface area (TPSA) is 107 Å². The number of amides is 2. The first-order valence-electron chi connectivity index (χ1n) is 6.73. The Morgan fingerprint density at radius 2 is 2.04 bits per heavy atom. The lowest BCUT2D eigenvalue weighted by atomic mass is 10.3. The van der Waals surface area contributed by atoms with Crippen molar-refractivity contribution in [3.63, 3.8) is 0 Å². The number of carbonyl (C=O) groups is 3. The second-order valence-electron chi connectivity index (χ2n) is 4.42. The molecule has 0 saturated heterocycles. The van der Waals surface area contributed by atoms with Crippen molar-refractivity contribution < 1.29 is 23.9 Å². The van der Waals surface area contributed by atoms with E-state index in [0.29, 0.717) is 5.69 Å². The van der Waals surface area contributed by atoms with Crippen molar-refractivity contribution in [1.29, 1.82) is 0 Å². The summed E-state index contributed by atoms with van der Waals surface area (Å²) in [6.07, 6.45) is -0.671. The Labute approximate surface area is 145 Å². The van der Waals surface area contributed by atoms with Crippen LogP contribution >= 0.6 is 23.1 Å². The van der Waals surface area contributed by atoms with Crippen LogP contribution < -0.4 is 10.6 Å². The standard InChI is InChI=1S/C14H15N3O5S2/c1-21-12(19)7-23-14-17-9-4-3-8(5-10(9)24-14)16-11(18)6-15-13(20)22-2/h3-5H,6-7H2,1-2H3,(H,15,20)(H,16,18). The molecule has 0 radical (unpaired) electrons. The number of aromatic nitrogens is 1. The molecule has 2 amide bonds. The highest BCUT2D eigenvalue weighted by Crippen LogP contribution is 2.31. The van der Waals surface area contributed by atoms with E-state index in [9.17, 15) is 14.4 Å². The summed E-state index contributed by atoms with van der Waals surface area (Å²) in [6, 6.07) is 5.27. The summed E-state index contributed by atoms with van der Waals surface area (Å²) in [5, 5.41) is 4.97. The van der Waals surface area contributed by atoms with E-state index < -0.39 is 6.09 Å². The van der Waals surface area contributed by atoms with E-state index in [1.54, 1.807) is 18.2 Å². The van der Waals surface area contributed by atoms with Crippen molar-refractivity contribution >= 4 is 57.0 Å². The number of nitrogens with zero attached hydrogens (tertiary/aromatic N) is 1. The normalized spacial score (nSPS) is 10.2. The third-order valence-corrected chi connectivity index (χ3v) is 4.91. The van der Waals surface area contributed by atoms with Crippen LogP contribution in [0.15, 0.2) is 22.5 Å². The monoisotopic (exact) mass is 369 g/mol. The SMILES string of the molecule is COC(=O)CSc1nc2ccc(NC(=O)CNC(=O)OC)cc2s1. The molecule has 2 rings (SSSR count). The van der Waals surface area contributed by atoms with Crippen LogP contribution in [-0.4, -0.2) is 49.5 Å². The molecule has 0 aliphatic carbocycles. The summed E-state index contributed by atoms with van der Waals surface area (Å²) >= 11 is 2.71. The average Bonchev–Trinajstić information content (AvgIpc) is 2.99. The molecule has 1 heterocycles. The molecule has 8 nitrogen and oxygen atoms in total. The van der Waals surface area contributed by atoms with Gasteiger partial charge in [0, 0.05) is 5.69 Å². The van der Waals surface area contributed by atoms with E-state index >= 15 is 0 Å². The van der Waals surface area contributed by atoms with Gasteiger partial charge >= 0.3 is 12.1 Å². The van der Waals surface area contributed by atoms with Gasteiger partial charge in [-0.3, -0.25) is 9.59 Å². The van der Waals surface area contributed by atoms with Crippen LogP contribution in [0.5, 0.6) is 0 Å². The zero-order valence-corrected chi connectivity index (χ0v) is 14.6. The van der Waals surface area contributed by atoms with Gasteiger partial charge in [-0.2, -0.15) is 0 Å². The molecule has 0 aliphatic rings. The molecule has 1 aromatic carbocycles. The Morgan fingerprint density at radius 1 is 1.25 bits per heavy atom. The molecule has 10 heteroatoms. The molecule has 24 heavy (non-hydrogen) atoms. The Kier molecular flexibility index (Phi) is 6.38. The number of esters is 1. The van der Waals surface area contributed by atoms with E-state index in [2.05, 4.69) is 25.1 Å². The zero-order chi connectivity index (χ0) is 17.5. The lowest BCUT2D eigenvalue weighted by molar-refractivity contribution is -0.137. The molecule has 1 aromatic heterocycles. The highest BCUT2D eigenvalue weighted by Gasteiger charge is 2.10. The van der Waals surface area contributed by atoms with Gasteiger partial charge in [-0.25, -0.2) is 9.78 Å². The fourth-order valence-corrected chi connectivity index (χ4v) is 3.59. The van der Waals surface area contributed by atoms with Crippen LogP contribution in [0.1, 0.15) is 0 Å². The van der Waals surface area contributed by atoms with Gasteiger partial charge in [0.2, 0.25) is 5.91 Å². The van der Waals surface area contributed by atoms with Gasteiger partial charge in [-0.05, 0) is 18.2 Å². The van der Waals surface area contributed by atoms with Gasteiger partial charge in [0.05, 0.1) is 30.2 Å². The lowest BCUT2D eigenvalue weighted by Gasteiger charge is -2.05. The third-order valence-electron chi connectivity index (χ3n) is 2.77. The molecule has 0 bridgehead atoms. The predicted octanol–water partition coefficient (Wildman–Crippen LogP) is 1.86. The second kappa shape index (κ2) is 8.50. The predicted molar refractivity (Wildman–Crippen MR) is 91.4 cm³/mol. The highest BCUT2D eigenvalue weighted by atomic mass is 32.2. The fourth-order valence-electron chi connectivity index (χ4n) is 1.65. The summed E-state index contributed by atoms with van der Waals surface area (Å²) in [5.74, 6) is -0.492. The Bertz CT molecular complexity index is 762. The summed E-state index contributed by atoms with van der Waals surface area (Å²) in [4.78, 5) is 38.2. The van der Waals surface area contributed by atoms with Gasteiger partial charge in [-0.15, -0.1) is 11.3 Å². The van der Waals surface area contributed by atoms with Crippen molar-refractivity contribution in [3.05, 3.63) is 18.2 Å². The lowest BCUT2D eigenvalue weighted by Crippen LogP contribution is -2.32. The first-order valence-corrected chi connectivity index (χ1v) is 8.54. The molecule has 2 aromatic rings. The largest absolute Gasteiger partial charge is 0.468 e. The number of thioether (sulfide) groups is 1. The molecular weight excluding hydrogens is 354 g/mol. The quantitative estimate of drug-likeness (QED) is 0.591. The van der Waals surface area contributed by atoms with Crippen LogP contribution in [0, 0.1) is 0 Å². The van der Waals surface area contributed by atoms with Crippen LogP contribution in [0.2, 0.25) is 0 Å². The molecule has 0 unspecified atom stereocenters. The molecule has 0 saturated carbocycles. The highest BCUT2D eigenvalue weighted by molar-refractivity contribution is 8.01. The number of hydrogen-bond donors (Lipinski definition) is 2. The van der Waals surface area contributed by atoms with Gasteiger partial charge in [0.15, 0.2) is 4.34 Å². The number of ether oxygens (including phenoxy) is 2. The van der Waals surface area contributed by atoms with Crippen LogP contribution in [0.25, 0.3) is 10.2 Å². The Balaban J connectivity index is 1.98. The van der Waals surface area contributed by atoms with Crippen molar-refractivity contribution in [3.8, 4) is 0 Å². The summed E-state index contributed by atoms with van der Waals surface area (Å²) < 4.78 is 10.6. The first kappa shape index (κ1) is 18.0. The zero-order valence-electron chi connectivity index (χ0n) is 13.0. The number of nitrogens with one attached hydrogen (secondary N) is 2. The van der Waals surface area contributed by atoms with Gasteiger partial charge in [0.1, 0.15) is 6.54 Å². The van der Waals surface area contributed by atoms with E-state index in [1.807, 2.05) is 0 Å². The van der Waals surface area contributed by atoms with E-state index in [-0.39, 0.29) is 24.2 Å². The number of benzene rings is 1. The summed E-state index contributed by atoms with van der Waals surface area (Å²) in [7, 11) is 2.56. The maximum Gasteiger partial charge on any atom is 0.407 e. The number of methoxy groups -OCH3 is 2. The van der Waals surface area contributed by atoms with Crippen molar-refractivity contribution in [2.45, 2.75) is 4.34 Å². The minimum absolute atomic E-state index is 0.187. The van der Waals surface area contributed by atoms with E-state index in [4.69, 9.17) is 0 Å². The van der Waals surface area contributed by atoms with Crippen LogP contribution in [0.3, 0.4) is 0 Å². The molecule has 0 fully saturated rings. The van der Waals surface area contributed by atoms with Gasteiger partial charge in [-0.1, -0.05) is 11.8 Å². The maximum atomic E-state index is 11.7. The van der Waals surface area contributed by atoms with E-state index in [0.717, 1.165) is 14.6 Å². The molecular formula is C14H15N3O5S2. The fraction of sp³-hybridized carbons (Fsp3) is 0.286. The number of fused-ring (bicyclic) bond motifs is 1. The third kappa shape index (κ3) is 5.10. The minimum Gasteiger partial charge on any atom is -0.468 e. The van der Waals surface area contributed by atoms with E-state index in [1.165, 1.54) is 37.3 Å². The van der Waals surface area contributed by atoms with Gasteiger partial charge < -0.3 is 20.1 Å². The molecule has 0 aliphatic heterocycles. The molecule has 128 valence electrons. The Hall–Kier alpha value is -2.33.